The summed E-state index contributed by atoms with van der Waals surface area (Å²) in [6.45, 7) is 0.903. The molecule has 1 aliphatic carbocycles. The van der Waals surface area contributed by atoms with Gasteiger partial charge in [-0.2, -0.15) is 0 Å². The molecular formula is C20H25NOS. The first-order valence-electron chi connectivity index (χ1n) is 8.28. The molecule has 122 valence electrons. The second-order valence-corrected chi connectivity index (χ2v) is 7.62. The van der Waals surface area contributed by atoms with Crippen LogP contribution in [-0.2, 0) is 5.60 Å². The van der Waals surface area contributed by atoms with Gasteiger partial charge in [0.15, 0.2) is 0 Å². The van der Waals surface area contributed by atoms with Crippen molar-refractivity contribution in [2.24, 2.45) is 5.92 Å². The van der Waals surface area contributed by atoms with Crippen LogP contribution in [0.15, 0.2) is 53.4 Å². The van der Waals surface area contributed by atoms with Crippen molar-refractivity contribution in [3.05, 3.63) is 63.9 Å². The molecule has 1 aliphatic rings. The Morgan fingerprint density at radius 2 is 2.00 bits per heavy atom. The summed E-state index contributed by atoms with van der Waals surface area (Å²) < 4.78 is 0. The van der Waals surface area contributed by atoms with E-state index < -0.39 is 5.60 Å². The highest BCUT2D eigenvalue weighted by Crippen LogP contribution is 2.47. The van der Waals surface area contributed by atoms with E-state index in [1.54, 1.807) is 11.3 Å². The SMILES string of the molecule is CN(C)CC1CCC/C(=C/c2ccccc2)C1(O)c1cccs1. The van der Waals surface area contributed by atoms with Gasteiger partial charge in [0.25, 0.3) is 0 Å². The Balaban J connectivity index is 2.04. The maximum atomic E-state index is 11.8. The van der Waals surface area contributed by atoms with Gasteiger partial charge in [0.05, 0.1) is 0 Å². The summed E-state index contributed by atoms with van der Waals surface area (Å²) in [5, 5.41) is 13.8. The van der Waals surface area contributed by atoms with Crippen molar-refractivity contribution in [3.63, 3.8) is 0 Å². The Hall–Kier alpha value is -1.42. The van der Waals surface area contributed by atoms with Crippen LogP contribution in [-0.4, -0.2) is 30.6 Å². The molecule has 1 heterocycles. The fourth-order valence-corrected chi connectivity index (χ4v) is 4.59. The summed E-state index contributed by atoms with van der Waals surface area (Å²) >= 11 is 1.66. The molecule has 1 saturated carbocycles. The summed E-state index contributed by atoms with van der Waals surface area (Å²) in [4.78, 5) is 3.26. The van der Waals surface area contributed by atoms with Gasteiger partial charge in [-0.25, -0.2) is 0 Å². The molecule has 0 bridgehead atoms. The van der Waals surface area contributed by atoms with Gasteiger partial charge in [0, 0.05) is 17.3 Å². The van der Waals surface area contributed by atoms with E-state index in [1.165, 1.54) is 5.56 Å². The zero-order valence-electron chi connectivity index (χ0n) is 13.9. The highest BCUT2D eigenvalue weighted by Gasteiger charge is 2.44. The van der Waals surface area contributed by atoms with Crippen molar-refractivity contribution < 1.29 is 5.11 Å². The monoisotopic (exact) mass is 327 g/mol. The number of thiophene rings is 1. The highest BCUT2D eigenvalue weighted by atomic mass is 32.1. The molecule has 2 atom stereocenters. The third kappa shape index (κ3) is 3.42. The fraction of sp³-hybridized carbons (Fsp3) is 0.400. The number of aliphatic hydroxyl groups is 1. The number of nitrogens with zero attached hydrogens (tertiary/aromatic N) is 1. The number of rotatable bonds is 4. The summed E-state index contributed by atoms with van der Waals surface area (Å²) in [5.41, 5.74) is 1.49. The molecule has 2 nitrogen and oxygen atoms in total. The van der Waals surface area contributed by atoms with Crippen molar-refractivity contribution in [1.29, 1.82) is 0 Å². The molecule has 1 aromatic carbocycles. The molecule has 1 N–H and O–H groups in total. The molecule has 1 aromatic heterocycles. The molecule has 0 aliphatic heterocycles. The summed E-state index contributed by atoms with van der Waals surface area (Å²) in [6, 6.07) is 14.5. The first-order valence-corrected chi connectivity index (χ1v) is 9.16. The largest absolute Gasteiger partial charge is 0.380 e. The van der Waals surface area contributed by atoms with Gasteiger partial charge in [-0.1, -0.05) is 42.5 Å². The Bertz CT molecular complexity index is 648. The molecule has 0 radical (unpaired) electrons. The van der Waals surface area contributed by atoms with E-state index in [0.29, 0.717) is 0 Å². The minimum absolute atomic E-state index is 0.236. The van der Waals surface area contributed by atoms with E-state index in [-0.39, 0.29) is 5.92 Å². The Kier molecular flexibility index (Phi) is 5.00. The lowest BCUT2D eigenvalue weighted by Crippen LogP contribution is -2.44. The van der Waals surface area contributed by atoms with Crippen LogP contribution in [0, 0.1) is 5.92 Å². The van der Waals surface area contributed by atoms with E-state index in [1.807, 2.05) is 12.1 Å². The molecule has 0 amide bonds. The standard InChI is InChI=1S/C20H25NOS/c1-21(2)15-18-11-6-10-17(14-16-8-4-3-5-9-16)20(18,22)19-12-7-13-23-19/h3-5,7-9,12-14,18,22H,6,10-11,15H2,1-2H3/b17-14-. The van der Waals surface area contributed by atoms with Crippen molar-refractivity contribution in [2.45, 2.75) is 24.9 Å². The predicted molar refractivity (Wildman–Crippen MR) is 98.5 cm³/mol. The average Bonchev–Trinajstić information content (AvgIpc) is 3.07. The van der Waals surface area contributed by atoms with Crippen molar-refractivity contribution >= 4 is 17.4 Å². The van der Waals surface area contributed by atoms with E-state index >= 15 is 0 Å². The molecule has 3 heteroatoms. The Morgan fingerprint density at radius 3 is 2.65 bits per heavy atom. The van der Waals surface area contributed by atoms with Crippen LogP contribution in [0.25, 0.3) is 6.08 Å². The smallest absolute Gasteiger partial charge is 0.124 e. The maximum absolute atomic E-state index is 11.8. The number of hydrogen-bond donors (Lipinski definition) is 1. The maximum Gasteiger partial charge on any atom is 0.124 e. The molecule has 23 heavy (non-hydrogen) atoms. The molecule has 0 saturated heterocycles. The molecular weight excluding hydrogens is 302 g/mol. The van der Waals surface area contributed by atoms with Crippen LogP contribution in [0.4, 0.5) is 0 Å². The molecule has 2 aromatic rings. The van der Waals surface area contributed by atoms with Gasteiger partial charge in [0.2, 0.25) is 0 Å². The minimum atomic E-state index is -0.841. The highest BCUT2D eigenvalue weighted by molar-refractivity contribution is 7.10. The zero-order chi connectivity index (χ0) is 16.3. The first kappa shape index (κ1) is 16.4. The number of hydrogen-bond acceptors (Lipinski definition) is 3. The van der Waals surface area contributed by atoms with Gasteiger partial charge in [0.1, 0.15) is 5.60 Å². The first-order chi connectivity index (χ1) is 11.1. The van der Waals surface area contributed by atoms with Crippen molar-refractivity contribution in [2.75, 3.05) is 20.6 Å². The third-order valence-corrected chi connectivity index (χ3v) is 5.70. The Labute approximate surface area is 143 Å². The van der Waals surface area contributed by atoms with E-state index in [9.17, 15) is 5.11 Å². The van der Waals surface area contributed by atoms with Crippen LogP contribution in [0.3, 0.4) is 0 Å². The predicted octanol–water partition coefficient (Wildman–Crippen LogP) is 4.38. The van der Waals surface area contributed by atoms with Gasteiger partial charge in [-0.05, 0) is 55.9 Å². The van der Waals surface area contributed by atoms with E-state index in [2.05, 4.69) is 60.8 Å². The third-order valence-electron chi connectivity index (χ3n) is 4.70. The lowest BCUT2D eigenvalue weighted by molar-refractivity contribution is -0.0143. The molecule has 2 unspecified atom stereocenters. The molecule has 1 fully saturated rings. The number of benzene rings is 1. The van der Waals surface area contributed by atoms with Gasteiger partial charge in [-0.3, -0.25) is 0 Å². The van der Waals surface area contributed by atoms with Crippen molar-refractivity contribution in [1.82, 2.24) is 4.90 Å². The van der Waals surface area contributed by atoms with Crippen LogP contribution in [0.1, 0.15) is 29.7 Å². The van der Waals surface area contributed by atoms with Crippen LogP contribution >= 0.6 is 11.3 Å². The summed E-state index contributed by atoms with van der Waals surface area (Å²) in [7, 11) is 4.17. The summed E-state index contributed by atoms with van der Waals surface area (Å²) in [5.74, 6) is 0.236. The lowest BCUT2D eigenvalue weighted by Gasteiger charge is -2.43. The van der Waals surface area contributed by atoms with E-state index in [4.69, 9.17) is 0 Å². The van der Waals surface area contributed by atoms with Gasteiger partial charge in [-0.15, -0.1) is 11.3 Å². The average molecular weight is 327 g/mol. The normalized spacial score (nSPS) is 26.8. The van der Waals surface area contributed by atoms with Crippen LogP contribution in [0.5, 0.6) is 0 Å². The van der Waals surface area contributed by atoms with Gasteiger partial charge < -0.3 is 10.0 Å². The fourth-order valence-electron chi connectivity index (χ4n) is 3.65. The Morgan fingerprint density at radius 1 is 1.22 bits per heavy atom. The topological polar surface area (TPSA) is 23.5 Å². The minimum Gasteiger partial charge on any atom is -0.380 e. The lowest BCUT2D eigenvalue weighted by atomic mass is 9.70. The van der Waals surface area contributed by atoms with Crippen molar-refractivity contribution in [3.8, 4) is 0 Å². The molecule has 3 rings (SSSR count). The van der Waals surface area contributed by atoms with E-state index in [0.717, 1.165) is 36.3 Å². The molecule has 0 spiro atoms. The van der Waals surface area contributed by atoms with Crippen LogP contribution in [0.2, 0.25) is 0 Å². The zero-order valence-corrected chi connectivity index (χ0v) is 14.7. The second kappa shape index (κ2) is 7.00. The second-order valence-electron chi connectivity index (χ2n) is 6.68. The van der Waals surface area contributed by atoms with Gasteiger partial charge >= 0.3 is 0 Å². The van der Waals surface area contributed by atoms with Crippen LogP contribution < -0.4 is 0 Å². The quantitative estimate of drug-likeness (QED) is 0.901. The summed E-state index contributed by atoms with van der Waals surface area (Å²) in [6.07, 6.45) is 5.37.